The predicted molar refractivity (Wildman–Crippen MR) is 86.7 cm³/mol. The summed E-state index contributed by atoms with van der Waals surface area (Å²) >= 11 is 11.5. The van der Waals surface area contributed by atoms with Gasteiger partial charge < -0.3 is 5.32 Å². The SMILES string of the molecule is CS(=O)(=NC(=O)Nc1ccc(Cl)cc1)c1ccc(Cl)cc1. The maximum Gasteiger partial charge on any atom is 0.353 e. The lowest BCUT2D eigenvalue weighted by molar-refractivity contribution is 0.260. The number of carbonyl (C=O) groups excluding carboxylic acids is 1. The molecular formula is C14H12Cl2N2O2S. The van der Waals surface area contributed by atoms with E-state index in [1.54, 1.807) is 48.5 Å². The monoisotopic (exact) mass is 342 g/mol. The van der Waals surface area contributed by atoms with Crippen LogP contribution in [0.1, 0.15) is 0 Å². The quantitative estimate of drug-likeness (QED) is 0.860. The van der Waals surface area contributed by atoms with Gasteiger partial charge in [-0.15, -0.1) is 4.36 Å². The molecule has 1 atom stereocenters. The van der Waals surface area contributed by atoms with Crippen LogP contribution in [-0.2, 0) is 9.73 Å². The fraction of sp³-hybridized carbons (Fsp3) is 0.0714. The van der Waals surface area contributed by atoms with Crippen molar-refractivity contribution in [1.82, 2.24) is 0 Å². The standard InChI is InChI=1S/C14H12Cl2N2O2S/c1-21(20,13-8-4-11(16)5-9-13)18-14(19)17-12-6-2-10(15)3-7-12/h2-9H,1H3,(H,17,19). The van der Waals surface area contributed by atoms with E-state index in [9.17, 15) is 9.00 Å². The minimum Gasteiger partial charge on any atom is -0.306 e. The molecule has 1 N–H and O–H groups in total. The summed E-state index contributed by atoms with van der Waals surface area (Å²) in [6, 6.07) is 12.2. The molecule has 7 heteroatoms. The first-order valence-electron chi connectivity index (χ1n) is 5.91. The summed E-state index contributed by atoms with van der Waals surface area (Å²) in [4.78, 5) is 12.3. The van der Waals surface area contributed by atoms with Crippen LogP contribution in [-0.4, -0.2) is 16.5 Å². The van der Waals surface area contributed by atoms with Gasteiger partial charge in [0.15, 0.2) is 0 Å². The van der Waals surface area contributed by atoms with Crippen LogP contribution in [0.25, 0.3) is 0 Å². The van der Waals surface area contributed by atoms with E-state index in [1.165, 1.54) is 6.26 Å². The fourth-order valence-corrected chi connectivity index (χ4v) is 2.94. The molecule has 0 heterocycles. The third-order valence-electron chi connectivity index (χ3n) is 2.60. The normalized spacial score (nSPS) is 13.3. The highest BCUT2D eigenvalue weighted by atomic mass is 35.5. The predicted octanol–water partition coefficient (Wildman–Crippen LogP) is 4.68. The molecular weight excluding hydrogens is 331 g/mol. The molecule has 0 bridgehead atoms. The Balaban J connectivity index is 2.21. The largest absolute Gasteiger partial charge is 0.353 e. The van der Waals surface area contributed by atoms with Gasteiger partial charge in [-0.1, -0.05) is 23.2 Å². The molecule has 0 aliphatic rings. The highest BCUT2D eigenvalue weighted by molar-refractivity contribution is 7.93. The summed E-state index contributed by atoms with van der Waals surface area (Å²) in [5.74, 6) is 0. The summed E-state index contributed by atoms with van der Waals surface area (Å²) in [5.41, 5.74) is 0.527. The van der Waals surface area contributed by atoms with Crippen LogP contribution in [0, 0.1) is 0 Å². The molecule has 1 unspecified atom stereocenters. The molecule has 110 valence electrons. The Kier molecular flexibility index (Phi) is 4.88. The second kappa shape index (κ2) is 6.47. The van der Waals surface area contributed by atoms with Crippen LogP contribution in [0.15, 0.2) is 57.8 Å². The molecule has 21 heavy (non-hydrogen) atoms. The minimum absolute atomic E-state index is 0.443. The highest BCUT2D eigenvalue weighted by Gasteiger charge is 2.09. The Morgan fingerprint density at radius 3 is 2.00 bits per heavy atom. The first-order valence-corrected chi connectivity index (χ1v) is 8.59. The van der Waals surface area contributed by atoms with Crippen molar-refractivity contribution in [2.75, 3.05) is 11.6 Å². The van der Waals surface area contributed by atoms with Gasteiger partial charge in [0.1, 0.15) is 0 Å². The van der Waals surface area contributed by atoms with Gasteiger partial charge in [0.05, 0.1) is 9.73 Å². The van der Waals surface area contributed by atoms with Crippen LogP contribution >= 0.6 is 23.2 Å². The van der Waals surface area contributed by atoms with Crippen LogP contribution in [0.2, 0.25) is 10.0 Å². The van der Waals surface area contributed by atoms with Crippen LogP contribution in [0.5, 0.6) is 0 Å². The Hall–Kier alpha value is -1.56. The average Bonchev–Trinajstić information content (AvgIpc) is 2.41. The number of benzene rings is 2. The van der Waals surface area contributed by atoms with Crippen molar-refractivity contribution >= 4 is 44.6 Å². The molecule has 0 radical (unpaired) electrons. The Bertz CT molecular complexity index is 765. The number of anilines is 1. The molecule has 0 aliphatic carbocycles. The van der Waals surface area contributed by atoms with Gasteiger partial charge in [0.2, 0.25) is 0 Å². The second-order valence-electron chi connectivity index (χ2n) is 4.28. The smallest absolute Gasteiger partial charge is 0.306 e. The summed E-state index contributed by atoms with van der Waals surface area (Å²) in [5, 5.41) is 3.62. The number of carbonyl (C=O) groups is 1. The fourth-order valence-electron chi connectivity index (χ4n) is 1.58. The van der Waals surface area contributed by atoms with Gasteiger partial charge >= 0.3 is 6.03 Å². The molecule has 2 rings (SSSR count). The summed E-state index contributed by atoms with van der Waals surface area (Å²) in [6.07, 6.45) is 1.40. The van der Waals surface area contributed by atoms with Crippen molar-refractivity contribution in [3.63, 3.8) is 0 Å². The van der Waals surface area contributed by atoms with E-state index in [0.29, 0.717) is 20.6 Å². The molecule has 4 nitrogen and oxygen atoms in total. The van der Waals surface area contributed by atoms with Gasteiger partial charge in [0.25, 0.3) is 0 Å². The summed E-state index contributed by atoms with van der Waals surface area (Å²) < 4.78 is 16.2. The Morgan fingerprint density at radius 1 is 1.00 bits per heavy atom. The number of hydrogen-bond acceptors (Lipinski definition) is 2. The lowest BCUT2D eigenvalue weighted by Gasteiger charge is -2.05. The Labute approximate surface area is 133 Å². The van der Waals surface area contributed by atoms with Crippen molar-refractivity contribution in [3.8, 4) is 0 Å². The number of nitrogens with zero attached hydrogens (tertiary/aromatic N) is 1. The van der Waals surface area contributed by atoms with Crippen molar-refractivity contribution in [2.24, 2.45) is 4.36 Å². The number of rotatable bonds is 2. The molecule has 0 saturated carbocycles. The van der Waals surface area contributed by atoms with E-state index in [2.05, 4.69) is 9.68 Å². The number of urea groups is 1. The third-order valence-corrected chi connectivity index (χ3v) is 4.77. The Morgan fingerprint density at radius 2 is 1.48 bits per heavy atom. The van der Waals surface area contributed by atoms with E-state index in [-0.39, 0.29) is 0 Å². The van der Waals surface area contributed by atoms with Gasteiger partial charge in [-0.25, -0.2) is 9.00 Å². The van der Waals surface area contributed by atoms with E-state index >= 15 is 0 Å². The number of nitrogens with one attached hydrogen (secondary N) is 1. The topological polar surface area (TPSA) is 58.5 Å². The average molecular weight is 343 g/mol. The number of hydrogen-bond donors (Lipinski definition) is 1. The number of amides is 2. The molecule has 0 saturated heterocycles. The lowest BCUT2D eigenvalue weighted by Crippen LogP contribution is -2.10. The first-order chi connectivity index (χ1) is 9.87. The second-order valence-corrected chi connectivity index (χ2v) is 7.42. The molecule has 0 aliphatic heterocycles. The van der Waals surface area contributed by atoms with Gasteiger partial charge in [-0.2, -0.15) is 0 Å². The molecule has 2 amide bonds. The van der Waals surface area contributed by atoms with E-state index in [0.717, 1.165) is 0 Å². The molecule has 0 aromatic heterocycles. The zero-order valence-corrected chi connectivity index (χ0v) is 13.4. The van der Waals surface area contributed by atoms with Crippen molar-refractivity contribution in [3.05, 3.63) is 58.6 Å². The van der Waals surface area contributed by atoms with Crippen LogP contribution < -0.4 is 5.32 Å². The van der Waals surface area contributed by atoms with Gasteiger partial charge in [0, 0.05) is 26.9 Å². The van der Waals surface area contributed by atoms with E-state index < -0.39 is 15.8 Å². The molecule has 2 aromatic rings. The third kappa shape index (κ3) is 4.46. The van der Waals surface area contributed by atoms with E-state index in [4.69, 9.17) is 23.2 Å². The highest BCUT2D eigenvalue weighted by Crippen LogP contribution is 2.17. The molecule has 0 spiro atoms. The van der Waals surface area contributed by atoms with Crippen LogP contribution in [0.3, 0.4) is 0 Å². The van der Waals surface area contributed by atoms with Crippen LogP contribution in [0.4, 0.5) is 10.5 Å². The van der Waals surface area contributed by atoms with Crippen molar-refractivity contribution in [1.29, 1.82) is 0 Å². The maximum absolute atomic E-state index is 12.5. The van der Waals surface area contributed by atoms with Crippen molar-refractivity contribution in [2.45, 2.75) is 4.90 Å². The van der Waals surface area contributed by atoms with Gasteiger partial charge in [-0.05, 0) is 48.5 Å². The zero-order valence-electron chi connectivity index (χ0n) is 11.0. The van der Waals surface area contributed by atoms with Gasteiger partial charge in [-0.3, -0.25) is 0 Å². The minimum atomic E-state index is -2.83. The lowest BCUT2D eigenvalue weighted by atomic mass is 10.3. The summed E-state index contributed by atoms with van der Waals surface area (Å²) in [6.45, 7) is 0. The van der Waals surface area contributed by atoms with E-state index in [1.807, 2.05) is 0 Å². The molecule has 0 fully saturated rings. The number of halogens is 2. The summed E-state index contributed by atoms with van der Waals surface area (Å²) in [7, 11) is -2.83. The first kappa shape index (κ1) is 15.8. The maximum atomic E-state index is 12.5. The van der Waals surface area contributed by atoms with Crippen molar-refractivity contribution < 1.29 is 9.00 Å². The zero-order chi connectivity index (χ0) is 15.5. The molecule has 2 aromatic carbocycles.